The second-order valence-electron chi connectivity index (χ2n) is 5.86. The summed E-state index contributed by atoms with van der Waals surface area (Å²) in [5, 5.41) is 14.1. The van der Waals surface area contributed by atoms with E-state index in [-0.39, 0.29) is 6.04 Å². The molecule has 0 aliphatic rings. The van der Waals surface area contributed by atoms with Gasteiger partial charge in [0.15, 0.2) is 0 Å². The number of aliphatic hydroxyl groups excluding tert-OH is 1. The number of hydrogen-bond acceptors (Lipinski definition) is 3. The summed E-state index contributed by atoms with van der Waals surface area (Å²) in [5.74, 6) is 0.336. The van der Waals surface area contributed by atoms with Gasteiger partial charge in [-0.2, -0.15) is 0 Å². The lowest BCUT2D eigenvalue weighted by Gasteiger charge is -2.28. The number of aromatic nitrogens is 1. The van der Waals surface area contributed by atoms with Crippen molar-refractivity contribution in [2.24, 2.45) is 5.92 Å². The number of aryl methyl sites for hydroxylation is 1. The molecule has 112 valence electrons. The van der Waals surface area contributed by atoms with Crippen molar-refractivity contribution in [3.63, 3.8) is 0 Å². The molecule has 0 bridgehead atoms. The largest absolute Gasteiger partial charge is 0.387 e. The van der Waals surface area contributed by atoms with Crippen LogP contribution in [0.3, 0.4) is 0 Å². The molecule has 0 radical (unpaired) electrons. The molecule has 0 amide bonds. The predicted octanol–water partition coefficient (Wildman–Crippen LogP) is 3.24. The Morgan fingerprint density at radius 3 is 2.24 bits per heavy atom. The maximum atomic E-state index is 10.6. The fourth-order valence-corrected chi connectivity index (χ4v) is 2.42. The minimum Gasteiger partial charge on any atom is -0.387 e. The monoisotopic (exact) mass is 284 g/mol. The first kappa shape index (κ1) is 15.7. The van der Waals surface area contributed by atoms with Crippen LogP contribution in [-0.4, -0.2) is 16.1 Å². The zero-order valence-corrected chi connectivity index (χ0v) is 13.0. The molecule has 2 N–H and O–H groups in total. The topological polar surface area (TPSA) is 45.1 Å². The Morgan fingerprint density at radius 1 is 1.05 bits per heavy atom. The van der Waals surface area contributed by atoms with E-state index < -0.39 is 6.10 Å². The minimum atomic E-state index is -0.507. The molecule has 21 heavy (non-hydrogen) atoms. The first-order valence-corrected chi connectivity index (χ1v) is 7.45. The average molecular weight is 284 g/mol. The van der Waals surface area contributed by atoms with Crippen molar-refractivity contribution in [1.82, 2.24) is 10.3 Å². The van der Waals surface area contributed by atoms with Gasteiger partial charge < -0.3 is 10.4 Å². The third-order valence-electron chi connectivity index (χ3n) is 3.77. The van der Waals surface area contributed by atoms with Crippen molar-refractivity contribution < 1.29 is 5.11 Å². The smallest absolute Gasteiger partial charge is 0.0945 e. The highest BCUT2D eigenvalue weighted by Crippen LogP contribution is 2.22. The summed E-state index contributed by atoms with van der Waals surface area (Å²) in [6.07, 6.45) is 3.07. The van der Waals surface area contributed by atoms with Crippen molar-refractivity contribution in [3.8, 4) is 0 Å². The zero-order valence-electron chi connectivity index (χ0n) is 13.0. The van der Waals surface area contributed by atoms with Gasteiger partial charge in [0.25, 0.3) is 0 Å². The lowest BCUT2D eigenvalue weighted by Crippen LogP contribution is -2.38. The van der Waals surface area contributed by atoms with Gasteiger partial charge in [-0.25, -0.2) is 0 Å². The van der Waals surface area contributed by atoms with Gasteiger partial charge in [-0.1, -0.05) is 43.7 Å². The molecular weight excluding hydrogens is 260 g/mol. The van der Waals surface area contributed by atoms with Crippen LogP contribution in [0.5, 0.6) is 0 Å². The van der Waals surface area contributed by atoms with Gasteiger partial charge in [-0.05, 0) is 36.1 Å². The molecule has 1 aromatic heterocycles. The lowest BCUT2D eigenvalue weighted by atomic mass is 9.93. The van der Waals surface area contributed by atoms with Crippen molar-refractivity contribution in [1.29, 1.82) is 0 Å². The number of pyridine rings is 1. The normalized spacial score (nSPS) is 14.1. The average Bonchev–Trinajstić information content (AvgIpc) is 2.48. The van der Waals surface area contributed by atoms with Crippen LogP contribution in [0, 0.1) is 12.8 Å². The van der Waals surface area contributed by atoms with Crippen LogP contribution in [0.1, 0.15) is 36.6 Å². The van der Waals surface area contributed by atoms with Crippen molar-refractivity contribution >= 4 is 0 Å². The lowest BCUT2D eigenvalue weighted by molar-refractivity contribution is 0.104. The van der Waals surface area contributed by atoms with Gasteiger partial charge >= 0.3 is 0 Å². The maximum absolute atomic E-state index is 10.6. The third-order valence-corrected chi connectivity index (χ3v) is 3.77. The van der Waals surface area contributed by atoms with Crippen LogP contribution >= 0.6 is 0 Å². The van der Waals surface area contributed by atoms with E-state index in [1.807, 2.05) is 36.4 Å². The summed E-state index contributed by atoms with van der Waals surface area (Å²) in [7, 11) is 0. The first-order chi connectivity index (χ1) is 10.1. The minimum absolute atomic E-state index is 0.0147. The van der Waals surface area contributed by atoms with Gasteiger partial charge in [0.1, 0.15) is 0 Å². The van der Waals surface area contributed by atoms with Gasteiger partial charge in [-0.15, -0.1) is 0 Å². The SMILES string of the molecule is Cc1ccc(C(O)C(NCc2ccncc2)C(C)C)cc1. The Hall–Kier alpha value is -1.71. The van der Waals surface area contributed by atoms with E-state index in [4.69, 9.17) is 0 Å². The molecule has 3 heteroatoms. The summed E-state index contributed by atoms with van der Waals surface area (Å²) in [5.41, 5.74) is 3.34. The fourth-order valence-electron chi connectivity index (χ4n) is 2.42. The molecular formula is C18H24N2O. The Balaban J connectivity index is 2.06. The van der Waals surface area contributed by atoms with E-state index in [2.05, 4.69) is 31.1 Å². The number of aliphatic hydroxyl groups is 1. The van der Waals surface area contributed by atoms with Gasteiger partial charge in [0.05, 0.1) is 6.10 Å². The highest BCUT2D eigenvalue weighted by molar-refractivity contribution is 5.24. The Morgan fingerprint density at radius 2 is 1.67 bits per heavy atom. The van der Waals surface area contributed by atoms with E-state index in [1.165, 1.54) is 11.1 Å². The molecule has 3 nitrogen and oxygen atoms in total. The molecule has 0 saturated carbocycles. The van der Waals surface area contributed by atoms with E-state index in [1.54, 1.807) is 12.4 Å². The second kappa shape index (κ2) is 7.34. The second-order valence-corrected chi connectivity index (χ2v) is 5.86. The summed E-state index contributed by atoms with van der Waals surface area (Å²) in [4.78, 5) is 4.02. The highest BCUT2D eigenvalue weighted by atomic mass is 16.3. The standard InChI is InChI=1S/C18H24N2O/c1-13(2)17(20-12-15-8-10-19-11-9-15)18(21)16-6-4-14(3)5-7-16/h4-11,13,17-18,20-21H,12H2,1-3H3. The molecule has 2 unspecified atom stereocenters. The summed E-state index contributed by atoms with van der Waals surface area (Å²) in [6.45, 7) is 7.04. The van der Waals surface area contributed by atoms with E-state index >= 15 is 0 Å². The maximum Gasteiger partial charge on any atom is 0.0945 e. The van der Waals surface area contributed by atoms with Crippen LogP contribution in [0.25, 0.3) is 0 Å². The Labute approximate surface area is 127 Å². The molecule has 0 spiro atoms. The molecule has 0 aliphatic carbocycles. The first-order valence-electron chi connectivity index (χ1n) is 7.45. The molecule has 2 atom stereocenters. The predicted molar refractivity (Wildman–Crippen MR) is 85.8 cm³/mol. The van der Waals surface area contributed by atoms with Crippen LogP contribution in [0.4, 0.5) is 0 Å². The van der Waals surface area contributed by atoms with Gasteiger partial charge in [0, 0.05) is 25.0 Å². The summed E-state index contributed by atoms with van der Waals surface area (Å²) in [6, 6.07) is 12.1. The number of nitrogens with one attached hydrogen (secondary N) is 1. The quantitative estimate of drug-likeness (QED) is 0.856. The number of benzene rings is 1. The Bertz CT molecular complexity index is 537. The fraction of sp³-hybridized carbons (Fsp3) is 0.389. The van der Waals surface area contributed by atoms with Crippen molar-refractivity contribution in [3.05, 3.63) is 65.5 Å². The zero-order chi connectivity index (χ0) is 15.2. The summed E-state index contributed by atoms with van der Waals surface area (Å²) >= 11 is 0. The van der Waals surface area contributed by atoms with E-state index in [0.717, 1.165) is 12.1 Å². The van der Waals surface area contributed by atoms with Gasteiger partial charge in [-0.3, -0.25) is 4.98 Å². The number of rotatable bonds is 6. The van der Waals surface area contributed by atoms with Gasteiger partial charge in [0.2, 0.25) is 0 Å². The molecule has 0 aliphatic heterocycles. The number of hydrogen-bond donors (Lipinski definition) is 2. The molecule has 2 rings (SSSR count). The third kappa shape index (κ3) is 4.38. The molecule has 1 aromatic carbocycles. The van der Waals surface area contributed by atoms with Crippen molar-refractivity contribution in [2.45, 2.75) is 39.5 Å². The highest BCUT2D eigenvalue weighted by Gasteiger charge is 2.23. The molecule has 1 heterocycles. The Kier molecular flexibility index (Phi) is 5.48. The van der Waals surface area contributed by atoms with Crippen molar-refractivity contribution in [2.75, 3.05) is 0 Å². The van der Waals surface area contributed by atoms with E-state index in [0.29, 0.717) is 5.92 Å². The van der Waals surface area contributed by atoms with E-state index in [9.17, 15) is 5.11 Å². The summed E-state index contributed by atoms with van der Waals surface area (Å²) < 4.78 is 0. The number of nitrogens with zero attached hydrogens (tertiary/aromatic N) is 1. The van der Waals surface area contributed by atoms with Crippen LogP contribution < -0.4 is 5.32 Å². The van der Waals surface area contributed by atoms with Crippen LogP contribution in [0.15, 0.2) is 48.8 Å². The van der Waals surface area contributed by atoms with Crippen LogP contribution in [-0.2, 0) is 6.54 Å². The molecule has 2 aromatic rings. The van der Waals surface area contributed by atoms with Crippen LogP contribution in [0.2, 0.25) is 0 Å². The molecule has 0 saturated heterocycles. The molecule has 0 fully saturated rings.